The number of pyridine rings is 1. The number of rotatable bonds is 6. The quantitative estimate of drug-likeness (QED) is 0.408. The van der Waals surface area contributed by atoms with Crippen LogP contribution in [0.5, 0.6) is 0 Å². The molecule has 1 fully saturated rings. The van der Waals surface area contributed by atoms with Gasteiger partial charge in [0, 0.05) is 56.3 Å². The number of allylic oxidation sites excluding steroid dienone is 2. The minimum Gasteiger partial charge on any atom is -0.382 e. The van der Waals surface area contributed by atoms with E-state index in [0.717, 1.165) is 79.5 Å². The molecule has 2 aromatic carbocycles. The number of halogens is 3. The Kier molecular flexibility index (Phi) is 7.27. The third-order valence-electron chi connectivity index (χ3n) is 6.48. The molecule has 3 aromatic rings. The second-order valence-electron chi connectivity index (χ2n) is 8.83. The SMILES string of the molecule is Fc1cc(F)c(C2=C(c3ccc4ncc(NCCN5CCNCC5)cc4c3)CCC=CN2)cc1Cl. The van der Waals surface area contributed by atoms with Gasteiger partial charge in [-0.15, -0.1) is 0 Å². The van der Waals surface area contributed by atoms with Gasteiger partial charge < -0.3 is 16.0 Å². The molecule has 1 aromatic heterocycles. The number of piperazine rings is 1. The Balaban J connectivity index is 1.44. The standard InChI is InChI=1S/C27H28ClF2N5/c28-23-15-22(24(29)16-25(23)30)27-21(3-1-2-6-33-27)18-4-5-26-19(13-18)14-20(17-34-26)32-9-12-35-10-7-31-8-11-35/h2,4-6,13-17,31-33H,1,3,7-12H2. The van der Waals surface area contributed by atoms with Crippen LogP contribution in [0.4, 0.5) is 14.5 Å². The molecule has 0 spiro atoms. The van der Waals surface area contributed by atoms with Crippen LogP contribution >= 0.6 is 11.6 Å². The summed E-state index contributed by atoms with van der Waals surface area (Å²) in [6.45, 7) is 6.05. The molecule has 182 valence electrons. The first-order valence-corrected chi connectivity index (χ1v) is 12.3. The number of hydrogen-bond acceptors (Lipinski definition) is 5. The van der Waals surface area contributed by atoms with Crippen LogP contribution in [0.1, 0.15) is 24.0 Å². The lowest BCUT2D eigenvalue weighted by atomic mass is 9.94. The summed E-state index contributed by atoms with van der Waals surface area (Å²) in [7, 11) is 0. The molecule has 8 heteroatoms. The van der Waals surface area contributed by atoms with Crippen molar-refractivity contribution < 1.29 is 8.78 Å². The maximum absolute atomic E-state index is 14.8. The van der Waals surface area contributed by atoms with Crippen LogP contribution in [0.2, 0.25) is 5.02 Å². The first-order chi connectivity index (χ1) is 17.1. The first kappa shape index (κ1) is 23.7. The minimum absolute atomic E-state index is 0.109. The van der Waals surface area contributed by atoms with Crippen molar-refractivity contribution in [3.63, 3.8) is 0 Å². The lowest BCUT2D eigenvalue weighted by molar-refractivity contribution is 0.249. The summed E-state index contributed by atoms with van der Waals surface area (Å²) in [5.41, 5.74) is 4.60. The average Bonchev–Trinajstić information content (AvgIpc) is 3.12. The maximum Gasteiger partial charge on any atom is 0.144 e. The number of fused-ring (bicyclic) bond motifs is 1. The van der Waals surface area contributed by atoms with Crippen LogP contribution in [0.3, 0.4) is 0 Å². The molecular weight excluding hydrogens is 468 g/mol. The summed E-state index contributed by atoms with van der Waals surface area (Å²) in [6.07, 6.45) is 7.15. The Hall–Kier alpha value is -3.00. The van der Waals surface area contributed by atoms with E-state index in [2.05, 4.69) is 38.0 Å². The Morgan fingerprint density at radius 2 is 1.91 bits per heavy atom. The molecule has 2 aliphatic heterocycles. The normalized spacial score (nSPS) is 16.9. The summed E-state index contributed by atoms with van der Waals surface area (Å²) in [4.78, 5) is 7.06. The van der Waals surface area contributed by atoms with Gasteiger partial charge in [-0.2, -0.15) is 0 Å². The molecule has 0 bridgehead atoms. The molecule has 5 nitrogen and oxygen atoms in total. The highest BCUT2D eigenvalue weighted by Crippen LogP contribution is 2.34. The van der Waals surface area contributed by atoms with E-state index in [9.17, 15) is 8.78 Å². The molecule has 0 unspecified atom stereocenters. The summed E-state index contributed by atoms with van der Waals surface area (Å²) in [6, 6.07) is 10.3. The maximum atomic E-state index is 14.8. The van der Waals surface area contributed by atoms with Crippen LogP contribution in [0.15, 0.2) is 54.9 Å². The van der Waals surface area contributed by atoms with E-state index in [1.807, 2.05) is 24.4 Å². The molecule has 1 saturated heterocycles. The monoisotopic (exact) mass is 495 g/mol. The fourth-order valence-electron chi connectivity index (χ4n) is 4.62. The highest BCUT2D eigenvalue weighted by atomic mass is 35.5. The van der Waals surface area contributed by atoms with Crippen LogP contribution in [-0.4, -0.2) is 49.2 Å². The van der Waals surface area contributed by atoms with E-state index in [-0.39, 0.29) is 10.6 Å². The zero-order valence-corrected chi connectivity index (χ0v) is 20.1. The van der Waals surface area contributed by atoms with Gasteiger partial charge in [0.25, 0.3) is 0 Å². The van der Waals surface area contributed by atoms with Gasteiger partial charge in [0.15, 0.2) is 0 Å². The topological polar surface area (TPSA) is 52.2 Å². The van der Waals surface area contributed by atoms with Gasteiger partial charge >= 0.3 is 0 Å². The predicted octanol–water partition coefficient (Wildman–Crippen LogP) is 5.25. The smallest absolute Gasteiger partial charge is 0.144 e. The molecule has 0 radical (unpaired) electrons. The second kappa shape index (κ2) is 10.7. The first-order valence-electron chi connectivity index (χ1n) is 12.0. The van der Waals surface area contributed by atoms with Gasteiger partial charge in [-0.25, -0.2) is 8.78 Å². The van der Waals surface area contributed by atoms with E-state index >= 15 is 0 Å². The molecule has 3 N–H and O–H groups in total. The third-order valence-corrected chi connectivity index (χ3v) is 6.77. The van der Waals surface area contributed by atoms with Gasteiger partial charge in [0.2, 0.25) is 0 Å². The van der Waals surface area contributed by atoms with Crippen molar-refractivity contribution in [1.82, 2.24) is 20.5 Å². The number of anilines is 1. The highest BCUT2D eigenvalue weighted by molar-refractivity contribution is 6.31. The number of benzene rings is 2. The zero-order valence-electron chi connectivity index (χ0n) is 19.4. The lowest BCUT2D eigenvalue weighted by Gasteiger charge is -2.27. The van der Waals surface area contributed by atoms with E-state index in [0.29, 0.717) is 12.1 Å². The van der Waals surface area contributed by atoms with Crippen molar-refractivity contribution in [3.05, 3.63) is 82.7 Å². The van der Waals surface area contributed by atoms with E-state index < -0.39 is 11.6 Å². The third kappa shape index (κ3) is 5.48. The van der Waals surface area contributed by atoms with Gasteiger partial charge in [-0.05, 0) is 54.4 Å². The molecule has 0 atom stereocenters. The molecule has 5 rings (SSSR count). The average molecular weight is 496 g/mol. The van der Waals surface area contributed by atoms with Gasteiger partial charge in [0.05, 0.1) is 28.1 Å². The second-order valence-corrected chi connectivity index (χ2v) is 9.24. The van der Waals surface area contributed by atoms with E-state index in [1.165, 1.54) is 6.07 Å². The summed E-state index contributed by atoms with van der Waals surface area (Å²) in [5.74, 6) is -1.42. The van der Waals surface area contributed by atoms with Crippen LogP contribution in [-0.2, 0) is 0 Å². The number of hydrogen-bond donors (Lipinski definition) is 3. The Morgan fingerprint density at radius 3 is 2.77 bits per heavy atom. The van der Waals surface area contributed by atoms with Crippen LogP contribution < -0.4 is 16.0 Å². The summed E-state index contributed by atoms with van der Waals surface area (Å²) in [5, 5.41) is 10.9. The predicted molar refractivity (Wildman–Crippen MR) is 139 cm³/mol. The largest absolute Gasteiger partial charge is 0.382 e. The van der Waals surface area contributed by atoms with Crippen molar-refractivity contribution in [2.75, 3.05) is 44.6 Å². The van der Waals surface area contributed by atoms with Gasteiger partial charge in [-0.3, -0.25) is 9.88 Å². The van der Waals surface area contributed by atoms with E-state index in [1.54, 1.807) is 6.20 Å². The molecule has 2 aliphatic rings. The highest BCUT2D eigenvalue weighted by Gasteiger charge is 2.19. The van der Waals surface area contributed by atoms with Crippen LogP contribution in [0, 0.1) is 11.6 Å². The lowest BCUT2D eigenvalue weighted by Crippen LogP contribution is -2.45. The fraction of sp³-hybridized carbons (Fsp3) is 0.296. The Bertz CT molecular complexity index is 1280. The number of nitrogens with one attached hydrogen (secondary N) is 3. The Morgan fingerprint density at radius 1 is 1.06 bits per heavy atom. The summed E-state index contributed by atoms with van der Waals surface area (Å²) < 4.78 is 28.6. The van der Waals surface area contributed by atoms with Crippen molar-refractivity contribution >= 4 is 39.5 Å². The number of nitrogens with zero attached hydrogens (tertiary/aromatic N) is 2. The van der Waals surface area contributed by atoms with Crippen molar-refractivity contribution in [2.24, 2.45) is 0 Å². The number of aromatic nitrogens is 1. The van der Waals surface area contributed by atoms with E-state index in [4.69, 9.17) is 11.6 Å². The van der Waals surface area contributed by atoms with Crippen molar-refractivity contribution in [3.8, 4) is 0 Å². The van der Waals surface area contributed by atoms with Crippen LogP contribution in [0.25, 0.3) is 22.2 Å². The Labute approximate surface area is 208 Å². The summed E-state index contributed by atoms with van der Waals surface area (Å²) >= 11 is 5.99. The van der Waals surface area contributed by atoms with Crippen molar-refractivity contribution in [1.29, 1.82) is 0 Å². The minimum atomic E-state index is -0.770. The van der Waals surface area contributed by atoms with Gasteiger partial charge in [0.1, 0.15) is 11.6 Å². The molecule has 0 aliphatic carbocycles. The van der Waals surface area contributed by atoms with Crippen molar-refractivity contribution in [2.45, 2.75) is 12.8 Å². The molecule has 0 amide bonds. The molecule has 3 heterocycles. The zero-order chi connectivity index (χ0) is 24.2. The molecule has 0 saturated carbocycles. The fourth-order valence-corrected chi connectivity index (χ4v) is 4.78. The van der Waals surface area contributed by atoms with Gasteiger partial charge in [-0.1, -0.05) is 23.7 Å². The molecule has 35 heavy (non-hydrogen) atoms. The molecular formula is C27H28ClF2N5.